The highest BCUT2D eigenvalue weighted by atomic mass is 35.5. The molecule has 0 spiro atoms. The molecular formula is C16H26Cl3N3O2. The van der Waals surface area contributed by atoms with Gasteiger partial charge in [0.2, 0.25) is 0 Å². The maximum absolute atomic E-state index is 12.7. The largest absolute Gasteiger partial charge is 0.496 e. The van der Waals surface area contributed by atoms with Crippen molar-refractivity contribution in [3.05, 3.63) is 22.7 Å². The first-order chi connectivity index (χ1) is 10.4. The third kappa shape index (κ3) is 5.59. The van der Waals surface area contributed by atoms with Crippen LogP contribution in [0, 0.1) is 5.92 Å². The lowest BCUT2D eigenvalue weighted by molar-refractivity contribution is 0.0620. The zero-order chi connectivity index (χ0) is 16.3. The van der Waals surface area contributed by atoms with Gasteiger partial charge in [-0.15, -0.1) is 24.8 Å². The monoisotopic (exact) mass is 397 g/mol. The lowest BCUT2D eigenvalue weighted by atomic mass is 10.1. The van der Waals surface area contributed by atoms with E-state index in [4.69, 9.17) is 22.1 Å². The van der Waals surface area contributed by atoms with E-state index in [1.807, 2.05) is 4.90 Å². The Labute approximate surface area is 161 Å². The highest BCUT2D eigenvalue weighted by molar-refractivity contribution is 6.33. The van der Waals surface area contributed by atoms with Crippen LogP contribution in [0.25, 0.3) is 0 Å². The summed E-state index contributed by atoms with van der Waals surface area (Å²) in [6.45, 7) is 8.72. The minimum Gasteiger partial charge on any atom is -0.496 e. The minimum atomic E-state index is -0.0528. The molecule has 1 fully saturated rings. The molecule has 0 radical (unpaired) electrons. The molecule has 2 rings (SSSR count). The van der Waals surface area contributed by atoms with E-state index in [2.05, 4.69) is 18.7 Å². The van der Waals surface area contributed by atoms with E-state index in [1.165, 1.54) is 7.11 Å². The smallest absolute Gasteiger partial charge is 0.257 e. The Bertz CT molecular complexity index is 548. The molecule has 0 atom stereocenters. The SMILES string of the molecule is COc1cc(N)c(Cl)cc1C(=O)N1CCN(CC(C)C)CC1.Cl.Cl. The number of rotatable bonds is 4. The van der Waals surface area contributed by atoms with Crippen molar-refractivity contribution in [2.45, 2.75) is 13.8 Å². The number of carbonyl (C=O) groups excluding carboxylic acids is 1. The summed E-state index contributed by atoms with van der Waals surface area (Å²) < 4.78 is 5.27. The molecule has 1 amide bonds. The van der Waals surface area contributed by atoms with E-state index in [1.54, 1.807) is 12.1 Å². The zero-order valence-electron chi connectivity index (χ0n) is 14.3. The molecule has 24 heavy (non-hydrogen) atoms. The van der Waals surface area contributed by atoms with Crippen LogP contribution >= 0.6 is 36.4 Å². The van der Waals surface area contributed by atoms with Crippen LogP contribution < -0.4 is 10.5 Å². The van der Waals surface area contributed by atoms with Crippen molar-refractivity contribution >= 4 is 48.0 Å². The molecule has 0 aromatic heterocycles. The number of amides is 1. The van der Waals surface area contributed by atoms with E-state index in [0.717, 1.165) is 32.7 Å². The van der Waals surface area contributed by atoms with Crippen molar-refractivity contribution < 1.29 is 9.53 Å². The number of piperazine rings is 1. The van der Waals surface area contributed by atoms with Crippen molar-refractivity contribution in [1.82, 2.24) is 9.80 Å². The first-order valence-corrected chi connectivity index (χ1v) is 7.94. The van der Waals surface area contributed by atoms with E-state index in [9.17, 15) is 4.79 Å². The first kappa shape index (κ1) is 23.1. The number of halogens is 3. The summed E-state index contributed by atoms with van der Waals surface area (Å²) in [5.74, 6) is 1.05. The van der Waals surface area contributed by atoms with Crippen molar-refractivity contribution in [2.24, 2.45) is 5.92 Å². The Kier molecular flexibility index (Phi) is 9.81. The predicted molar refractivity (Wildman–Crippen MR) is 104 cm³/mol. The first-order valence-electron chi connectivity index (χ1n) is 7.57. The zero-order valence-corrected chi connectivity index (χ0v) is 16.6. The number of hydrogen-bond acceptors (Lipinski definition) is 4. The molecule has 8 heteroatoms. The molecule has 2 N–H and O–H groups in total. The number of carbonyl (C=O) groups is 1. The number of methoxy groups -OCH3 is 1. The maximum atomic E-state index is 12.7. The van der Waals surface area contributed by atoms with Gasteiger partial charge in [0, 0.05) is 38.8 Å². The Morgan fingerprint density at radius 3 is 2.33 bits per heavy atom. The van der Waals surface area contributed by atoms with Gasteiger partial charge in [-0.3, -0.25) is 9.69 Å². The van der Waals surface area contributed by atoms with E-state index in [0.29, 0.717) is 27.9 Å². The van der Waals surface area contributed by atoms with Crippen LogP contribution in [0.2, 0.25) is 5.02 Å². The van der Waals surface area contributed by atoms with E-state index in [-0.39, 0.29) is 30.7 Å². The number of benzene rings is 1. The predicted octanol–water partition coefficient (Wildman–Crippen LogP) is 3.19. The van der Waals surface area contributed by atoms with Crippen LogP contribution in [0.3, 0.4) is 0 Å². The van der Waals surface area contributed by atoms with Gasteiger partial charge in [-0.25, -0.2) is 0 Å². The van der Waals surface area contributed by atoms with Crippen LogP contribution in [0.5, 0.6) is 5.75 Å². The standard InChI is InChI=1S/C16H24ClN3O2.2ClH/c1-11(2)10-19-4-6-20(7-5-19)16(21)12-8-13(17)14(18)9-15(12)22-3;;/h8-9,11H,4-7,10,18H2,1-3H3;2*1H. The number of anilines is 1. The molecule has 1 saturated heterocycles. The van der Waals surface area contributed by atoms with Gasteiger partial charge < -0.3 is 15.4 Å². The lowest BCUT2D eigenvalue weighted by Crippen LogP contribution is -2.49. The second kappa shape index (κ2) is 10.2. The fraction of sp³-hybridized carbons (Fsp3) is 0.562. The maximum Gasteiger partial charge on any atom is 0.257 e. The van der Waals surface area contributed by atoms with Gasteiger partial charge >= 0.3 is 0 Å². The third-order valence-electron chi connectivity index (χ3n) is 3.83. The number of nitrogens with two attached hydrogens (primary N) is 1. The molecule has 1 aliphatic rings. The fourth-order valence-corrected chi connectivity index (χ4v) is 2.89. The molecule has 0 bridgehead atoms. The highest BCUT2D eigenvalue weighted by Gasteiger charge is 2.25. The highest BCUT2D eigenvalue weighted by Crippen LogP contribution is 2.30. The summed E-state index contributed by atoms with van der Waals surface area (Å²) in [7, 11) is 1.53. The summed E-state index contributed by atoms with van der Waals surface area (Å²) in [5, 5.41) is 0.377. The van der Waals surface area contributed by atoms with Crippen LogP contribution in [0.1, 0.15) is 24.2 Å². The Morgan fingerprint density at radius 2 is 1.83 bits per heavy atom. The summed E-state index contributed by atoms with van der Waals surface area (Å²) in [6, 6.07) is 3.20. The summed E-state index contributed by atoms with van der Waals surface area (Å²) in [5.41, 5.74) is 6.65. The van der Waals surface area contributed by atoms with Gasteiger partial charge in [-0.2, -0.15) is 0 Å². The summed E-state index contributed by atoms with van der Waals surface area (Å²) in [6.07, 6.45) is 0. The normalized spacial score (nSPS) is 14.8. The molecule has 0 saturated carbocycles. The van der Waals surface area contributed by atoms with E-state index >= 15 is 0 Å². The van der Waals surface area contributed by atoms with Crippen LogP contribution in [0.4, 0.5) is 5.69 Å². The van der Waals surface area contributed by atoms with Crippen LogP contribution in [0.15, 0.2) is 12.1 Å². The lowest BCUT2D eigenvalue weighted by Gasteiger charge is -2.35. The van der Waals surface area contributed by atoms with Crippen molar-refractivity contribution in [1.29, 1.82) is 0 Å². The minimum absolute atomic E-state index is 0. The average molecular weight is 399 g/mol. The number of ether oxygens (including phenoxy) is 1. The van der Waals surface area contributed by atoms with Crippen LogP contribution in [-0.2, 0) is 0 Å². The average Bonchev–Trinajstić information content (AvgIpc) is 2.49. The molecule has 1 aliphatic heterocycles. The number of hydrogen-bond donors (Lipinski definition) is 1. The number of nitrogens with zero attached hydrogens (tertiary/aromatic N) is 2. The molecule has 1 aromatic carbocycles. The van der Waals surface area contributed by atoms with Gasteiger partial charge in [0.15, 0.2) is 0 Å². The molecule has 5 nitrogen and oxygen atoms in total. The second-order valence-corrected chi connectivity index (χ2v) is 6.47. The number of nitrogen functional groups attached to an aromatic ring is 1. The Morgan fingerprint density at radius 1 is 1.25 bits per heavy atom. The quantitative estimate of drug-likeness (QED) is 0.791. The van der Waals surface area contributed by atoms with Crippen LogP contribution in [-0.4, -0.2) is 55.5 Å². The molecule has 0 unspecified atom stereocenters. The van der Waals surface area contributed by atoms with Gasteiger partial charge in [0.05, 0.1) is 23.4 Å². The summed E-state index contributed by atoms with van der Waals surface area (Å²) >= 11 is 6.05. The Hall–Kier alpha value is -0.880. The van der Waals surface area contributed by atoms with Gasteiger partial charge in [-0.05, 0) is 12.0 Å². The molecular weight excluding hydrogens is 373 g/mol. The fourth-order valence-electron chi connectivity index (χ4n) is 2.73. The summed E-state index contributed by atoms with van der Waals surface area (Å²) in [4.78, 5) is 16.9. The van der Waals surface area contributed by atoms with Crippen molar-refractivity contribution in [3.8, 4) is 5.75 Å². The topological polar surface area (TPSA) is 58.8 Å². The molecule has 1 heterocycles. The van der Waals surface area contributed by atoms with Crippen molar-refractivity contribution in [2.75, 3.05) is 45.6 Å². The molecule has 138 valence electrons. The third-order valence-corrected chi connectivity index (χ3v) is 4.16. The van der Waals surface area contributed by atoms with Gasteiger partial charge in [0.1, 0.15) is 5.75 Å². The van der Waals surface area contributed by atoms with E-state index < -0.39 is 0 Å². The Balaban J connectivity index is 0.00000264. The van der Waals surface area contributed by atoms with Gasteiger partial charge in [-0.1, -0.05) is 25.4 Å². The van der Waals surface area contributed by atoms with Gasteiger partial charge in [0.25, 0.3) is 5.91 Å². The molecule has 0 aliphatic carbocycles. The molecule has 1 aromatic rings. The second-order valence-electron chi connectivity index (χ2n) is 6.06. The van der Waals surface area contributed by atoms with Crippen molar-refractivity contribution in [3.63, 3.8) is 0 Å².